The summed E-state index contributed by atoms with van der Waals surface area (Å²) in [4.78, 5) is 67.6. The number of rotatable bonds is 11. The molecule has 0 spiro atoms. The second-order valence-corrected chi connectivity index (χ2v) is 14.6. The largest absolute Gasteiger partial charge is 0.756 e. The van der Waals surface area contributed by atoms with Gasteiger partial charge in [0.25, 0.3) is 29.4 Å². The molecular formula is C20H25N7O14P3S-3. The van der Waals surface area contributed by atoms with Gasteiger partial charge in [-0.15, -0.1) is 0 Å². The van der Waals surface area contributed by atoms with Crippen molar-refractivity contribution in [2.75, 3.05) is 6.61 Å². The third-order valence-corrected chi connectivity index (χ3v) is 10.8. The van der Waals surface area contributed by atoms with Crippen LogP contribution < -0.4 is 20.0 Å². The predicted molar refractivity (Wildman–Crippen MR) is 143 cm³/mol. The zero-order valence-electron chi connectivity index (χ0n) is 23.6. The molecule has 21 nitrogen and oxygen atoms in total. The van der Waals surface area contributed by atoms with Crippen LogP contribution in [0.5, 0.6) is 0 Å². The summed E-state index contributed by atoms with van der Waals surface area (Å²) in [5, 5.41) is 7.01. The molecule has 45 heavy (non-hydrogen) atoms. The standard InChI is InChI=1S/C20H28N7O14P3S/c1-8-11(9(2)26(4)25-8)5-21-17(28)20-38-14-12(6-36-43(32,33)41-44(34,35)40-42(29,30)31)37-19(15(14)39-20)27-7-22-13-16(27)23-10(3)24-18(13)45/h7,12,14-15,19-20H,5-6H2,1-4H3,(H,21,28)(H,32,33)(H,34,35)(H,23,24,45)(H2,29,30,31)/p-3. The number of ether oxygens (including phenoxy) is 3. The van der Waals surface area contributed by atoms with Crippen molar-refractivity contribution < 1.29 is 65.4 Å². The van der Waals surface area contributed by atoms with Crippen molar-refractivity contribution in [3.8, 4) is 0 Å². The van der Waals surface area contributed by atoms with Crippen LogP contribution in [-0.2, 0) is 59.4 Å². The number of nitrogens with one attached hydrogen (secondary N) is 2. The van der Waals surface area contributed by atoms with Gasteiger partial charge in [0, 0.05) is 24.8 Å². The minimum absolute atomic E-state index is 0.0997. The van der Waals surface area contributed by atoms with E-state index in [-0.39, 0.29) is 11.2 Å². The predicted octanol–water partition coefficient (Wildman–Crippen LogP) is -1.08. The molecule has 2 aliphatic heterocycles. The van der Waals surface area contributed by atoms with Gasteiger partial charge in [-0.2, -0.15) is 5.10 Å². The number of hydrogen-bond acceptors (Lipinski definition) is 17. The molecule has 1 amide bonds. The molecule has 3 aromatic rings. The van der Waals surface area contributed by atoms with E-state index in [1.54, 1.807) is 25.6 Å². The number of carbonyl (C=O) groups is 1. The Morgan fingerprint density at radius 2 is 1.82 bits per heavy atom. The lowest BCUT2D eigenvalue weighted by Gasteiger charge is -2.33. The zero-order chi connectivity index (χ0) is 33.1. The molecule has 8 unspecified atom stereocenters. The first-order chi connectivity index (χ1) is 20.8. The van der Waals surface area contributed by atoms with Gasteiger partial charge >= 0.3 is 0 Å². The Bertz CT molecular complexity index is 1840. The average Bonchev–Trinajstić information content (AvgIpc) is 3.63. The highest BCUT2D eigenvalue weighted by atomic mass is 32.1. The number of carbonyl (C=O) groups excluding carboxylic acids is 1. The Balaban J connectivity index is 1.36. The maximum Gasteiger partial charge on any atom is 0.280 e. The highest BCUT2D eigenvalue weighted by Crippen LogP contribution is 2.61. The summed E-state index contributed by atoms with van der Waals surface area (Å²) in [5.74, 6) is -0.238. The number of aromatic nitrogens is 6. The second-order valence-electron chi connectivity index (χ2n) is 9.89. The molecule has 0 saturated carbocycles. The third-order valence-electron chi connectivity index (χ3n) is 6.80. The Labute approximate surface area is 258 Å². The first-order valence-corrected chi connectivity index (χ1v) is 17.6. The number of hydrogen-bond donors (Lipinski definition) is 3. The van der Waals surface area contributed by atoms with Crippen LogP contribution in [0.1, 0.15) is 29.0 Å². The summed E-state index contributed by atoms with van der Waals surface area (Å²) >= 11 is 5.27. The fraction of sp³-hybridized carbons (Fsp3) is 0.550. The molecule has 2 saturated heterocycles. The first kappa shape index (κ1) is 34.1. The number of aryl methyl sites for hydroxylation is 3. The molecule has 25 heteroatoms. The van der Waals surface area contributed by atoms with Gasteiger partial charge in [-0.05, 0) is 20.8 Å². The van der Waals surface area contributed by atoms with Gasteiger partial charge in [-0.25, -0.2) is 18.6 Å². The summed E-state index contributed by atoms with van der Waals surface area (Å²) < 4.78 is 67.1. The highest BCUT2D eigenvalue weighted by molar-refractivity contribution is 7.71. The molecule has 2 aliphatic rings. The smallest absolute Gasteiger partial charge is 0.280 e. The van der Waals surface area contributed by atoms with Crippen molar-refractivity contribution in [2.45, 2.75) is 58.1 Å². The van der Waals surface area contributed by atoms with Gasteiger partial charge in [-0.1, -0.05) is 12.2 Å². The Morgan fingerprint density at radius 3 is 2.47 bits per heavy atom. The van der Waals surface area contributed by atoms with E-state index in [2.05, 4.69) is 38.5 Å². The van der Waals surface area contributed by atoms with Crippen molar-refractivity contribution in [2.24, 2.45) is 7.05 Å². The van der Waals surface area contributed by atoms with Crippen molar-refractivity contribution in [1.82, 2.24) is 34.6 Å². The van der Waals surface area contributed by atoms with Crippen LogP contribution in [-0.4, -0.2) is 71.3 Å². The molecule has 2 fully saturated rings. The lowest BCUT2D eigenvalue weighted by Crippen LogP contribution is -2.38. The summed E-state index contributed by atoms with van der Waals surface area (Å²) in [5.41, 5.74) is 2.96. The third kappa shape index (κ3) is 7.50. The average molecular weight is 712 g/mol. The van der Waals surface area contributed by atoms with Crippen molar-refractivity contribution in [3.63, 3.8) is 0 Å². The number of imidazole rings is 1. The molecule has 3 aromatic heterocycles. The molecule has 248 valence electrons. The van der Waals surface area contributed by atoms with Crippen LogP contribution in [0.15, 0.2) is 6.33 Å². The van der Waals surface area contributed by atoms with Crippen LogP contribution in [0.3, 0.4) is 0 Å². The Morgan fingerprint density at radius 1 is 1.13 bits per heavy atom. The van der Waals surface area contributed by atoms with Gasteiger partial charge in [-0.3, -0.25) is 27.7 Å². The molecule has 5 heterocycles. The minimum atomic E-state index is -6.13. The van der Waals surface area contributed by atoms with Crippen molar-refractivity contribution >= 4 is 52.8 Å². The maximum atomic E-state index is 13.1. The van der Waals surface area contributed by atoms with E-state index in [9.17, 15) is 33.2 Å². The second kappa shape index (κ2) is 12.4. The van der Waals surface area contributed by atoms with E-state index in [1.165, 1.54) is 10.9 Å². The van der Waals surface area contributed by atoms with E-state index in [0.29, 0.717) is 22.7 Å². The normalized spacial score (nSPS) is 27.2. The fourth-order valence-electron chi connectivity index (χ4n) is 4.84. The van der Waals surface area contributed by atoms with Crippen LogP contribution in [0.25, 0.3) is 11.2 Å². The van der Waals surface area contributed by atoms with E-state index in [1.807, 2.05) is 6.92 Å². The number of aromatic amines is 1. The number of H-pyrrole nitrogens is 1. The molecule has 3 N–H and O–H groups in total. The quantitative estimate of drug-likeness (QED) is 0.157. The van der Waals surface area contributed by atoms with Crippen LogP contribution in [0.4, 0.5) is 0 Å². The first-order valence-electron chi connectivity index (χ1n) is 12.7. The van der Waals surface area contributed by atoms with Crippen molar-refractivity contribution in [3.05, 3.63) is 33.7 Å². The van der Waals surface area contributed by atoms with Gasteiger partial charge in [0.15, 0.2) is 10.9 Å². The van der Waals surface area contributed by atoms with E-state index in [4.69, 9.17) is 31.3 Å². The van der Waals surface area contributed by atoms with Gasteiger partial charge in [0.1, 0.15) is 35.3 Å². The van der Waals surface area contributed by atoms with Crippen LogP contribution in [0, 0.1) is 25.4 Å². The number of nitrogens with zero attached hydrogens (tertiary/aromatic N) is 5. The minimum Gasteiger partial charge on any atom is -0.756 e. The molecule has 0 radical (unpaired) electrons. The molecule has 5 rings (SSSR count). The van der Waals surface area contributed by atoms with Gasteiger partial charge in [0.05, 0.1) is 18.6 Å². The Kier molecular flexibility index (Phi) is 9.39. The maximum absolute atomic E-state index is 13.1. The lowest BCUT2D eigenvalue weighted by molar-refractivity contribution is -0.250. The number of fused-ring (bicyclic) bond motifs is 2. The Hall–Kier alpha value is -2.26. The zero-order valence-corrected chi connectivity index (χ0v) is 27.1. The summed E-state index contributed by atoms with van der Waals surface area (Å²) in [6.45, 7) is 4.41. The number of amides is 1. The van der Waals surface area contributed by atoms with Crippen molar-refractivity contribution in [1.29, 1.82) is 0 Å². The SMILES string of the molecule is Cc1nc(=S)c2ncn(C3OC(COP(=O)([O-])OP(=O)([O-])OP(=O)([O-])O)C4OC(C(=O)NCc5c(C)nn(C)c5C)OC43)c2[nH]1. The van der Waals surface area contributed by atoms with E-state index < -0.39 is 66.8 Å². The topological polar surface area (TPSA) is 289 Å². The van der Waals surface area contributed by atoms with E-state index in [0.717, 1.165) is 11.3 Å². The lowest BCUT2D eigenvalue weighted by atomic mass is 10.1. The van der Waals surface area contributed by atoms with Gasteiger partial charge in [0.2, 0.25) is 6.29 Å². The molecular weight excluding hydrogens is 687 g/mol. The fourth-order valence-corrected chi connectivity index (χ4v) is 8.02. The number of phosphoric acid groups is 3. The molecule has 0 bridgehead atoms. The summed E-state index contributed by atoms with van der Waals surface area (Å²) in [7, 11) is -16.1. The number of phosphoric ester groups is 1. The van der Waals surface area contributed by atoms with Gasteiger partial charge < -0.3 is 48.6 Å². The highest BCUT2D eigenvalue weighted by Gasteiger charge is 2.55. The molecule has 8 atom stereocenters. The monoisotopic (exact) mass is 712 g/mol. The summed E-state index contributed by atoms with van der Waals surface area (Å²) in [6, 6.07) is 0. The van der Waals surface area contributed by atoms with Crippen LogP contribution in [0.2, 0.25) is 0 Å². The molecule has 0 aromatic carbocycles. The molecule has 0 aliphatic carbocycles. The van der Waals surface area contributed by atoms with Crippen LogP contribution >= 0.6 is 35.7 Å². The summed E-state index contributed by atoms with van der Waals surface area (Å²) in [6.07, 6.45) is -4.87. The van der Waals surface area contributed by atoms with E-state index >= 15 is 0 Å².